The maximum atomic E-state index is 13.7. The number of tetrazole rings is 1. The molecule has 1 aliphatic rings. The van der Waals surface area contributed by atoms with Gasteiger partial charge in [-0.2, -0.15) is 4.68 Å². The van der Waals surface area contributed by atoms with E-state index in [1.165, 1.54) is 22.9 Å². The number of methoxy groups -OCH3 is 1. The number of carbonyl (C=O) groups is 2. The lowest BCUT2D eigenvalue weighted by atomic mass is 9.88. The number of benzene rings is 2. The summed E-state index contributed by atoms with van der Waals surface area (Å²) in [6.07, 6.45) is 0. The van der Waals surface area contributed by atoms with Crippen LogP contribution < -0.4 is 10.1 Å². The minimum Gasteiger partial charge on any atom is -0.494 e. The van der Waals surface area contributed by atoms with Crippen molar-refractivity contribution < 1.29 is 24.0 Å². The van der Waals surface area contributed by atoms with E-state index in [0.29, 0.717) is 12.4 Å². The molecule has 1 N–H and O–H groups in total. The van der Waals surface area contributed by atoms with E-state index in [0.717, 1.165) is 7.11 Å². The Morgan fingerprint density at radius 2 is 1.91 bits per heavy atom. The van der Waals surface area contributed by atoms with Crippen molar-refractivity contribution in [2.24, 2.45) is 0 Å². The Kier molecular flexibility index (Phi) is 5.81. The van der Waals surface area contributed by atoms with Crippen molar-refractivity contribution in [2.45, 2.75) is 13.0 Å². The molecule has 0 amide bonds. The van der Waals surface area contributed by atoms with Gasteiger partial charge in [0.1, 0.15) is 17.5 Å². The molecule has 2 heterocycles. The molecule has 0 radical (unpaired) electrons. The van der Waals surface area contributed by atoms with E-state index in [4.69, 9.17) is 9.47 Å². The van der Waals surface area contributed by atoms with Crippen molar-refractivity contribution in [3.8, 4) is 5.75 Å². The Balaban J connectivity index is 1.94. The number of carbonyl (C=O) groups excluding carboxylic acids is 2. The van der Waals surface area contributed by atoms with Crippen molar-refractivity contribution in [3.05, 3.63) is 81.0 Å². The van der Waals surface area contributed by atoms with Gasteiger partial charge in [0.25, 0.3) is 5.69 Å². The summed E-state index contributed by atoms with van der Waals surface area (Å²) < 4.78 is 11.5. The number of esters is 1. The zero-order valence-corrected chi connectivity index (χ0v) is 17.6. The molecule has 168 valence electrons. The average Bonchev–Trinajstić information content (AvgIpc) is 3.31. The summed E-state index contributed by atoms with van der Waals surface area (Å²) in [5.74, 6) is -0.810. The molecule has 33 heavy (non-hydrogen) atoms. The van der Waals surface area contributed by atoms with E-state index in [1.54, 1.807) is 30.3 Å². The van der Waals surface area contributed by atoms with Crippen molar-refractivity contribution in [3.63, 3.8) is 0 Å². The number of nitrogens with one attached hydrogen (secondary N) is 1. The van der Waals surface area contributed by atoms with Crippen LogP contribution in [0.5, 0.6) is 5.75 Å². The minimum absolute atomic E-state index is 0.0294. The number of hydrogen-bond donors (Lipinski definition) is 1. The van der Waals surface area contributed by atoms with Gasteiger partial charge in [0, 0.05) is 11.6 Å². The molecule has 0 saturated carbocycles. The normalized spacial score (nSPS) is 14.8. The van der Waals surface area contributed by atoms with Crippen LogP contribution in [0.2, 0.25) is 0 Å². The lowest BCUT2D eigenvalue weighted by Crippen LogP contribution is -2.33. The smallest absolute Gasteiger partial charge is 0.355 e. The number of fused-ring (bicyclic) bond motifs is 1. The molecule has 3 aromatic rings. The highest BCUT2D eigenvalue weighted by Crippen LogP contribution is 2.40. The third-order valence-corrected chi connectivity index (χ3v) is 5.01. The lowest BCUT2D eigenvalue weighted by Gasteiger charge is -2.27. The Morgan fingerprint density at radius 3 is 2.58 bits per heavy atom. The van der Waals surface area contributed by atoms with E-state index in [2.05, 4.69) is 20.8 Å². The number of aromatic nitrogens is 4. The molecule has 4 rings (SSSR count). The largest absolute Gasteiger partial charge is 0.494 e. The molecule has 12 nitrogen and oxygen atoms in total. The highest BCUT2D eigenvalue weighted by atomic mass is 16.6. The number of nitro groups is 1. The number of rotatable bonds is 7. The molecular formula is C21H18N6O6. The van der Waals surface area contributed by atoms with E-state index in [1.807, 2.05) is 6.92 Å². The second-order valence-corrected chi connectivity index (χ2v) is 6.86. The molecule has 0 aliphatic carbocycles. The van der Waals surface area contributed by atoms with Gasteiger partial charge in [-0.25, -0.2) is 4.79 Å². The molecular weight excluding hydrogens is 432 g/mol. The summed E-state index contributed by atoms with van der Waals surface area (Å²) in [5.41, 5.74) is -0.195. The van der Waals surface area contributed by atoms with Gasteiger partial charge in [-0.1, -0.05) is 17.2 Å². The number of anilines is 1. The number of ether oxygens (including phenoxy) is 2. The second kappa shape index (κ2) is 8.86. The Morgan fingerprint density at radius 1 is 1.18 bits per heavy atom. The van der Waals surface area contributed by atoms with Gasteiger partial charge in [0.2, 0.25) is 5.95 Å². The number of nitro benzene ring substituents is 1. The molecule has 1 aromatic heterocycles. The monoisotopic (exact) mass is 450 g/mol. The highest BCUT2D eigenvalue weighted by molar-refractivity contribution is 6.15. The topological polar surface area (TPSA) is 151 Å². The molecule has 1 atom stereocenters. The maximum Gasteiger partial charge on any atom is 0.355 e. The first kappa shape index (κ1) is 21.6. The van der Waals surface area contributed by atoms with Crippen molar-refractivity contribution in [1.82, 2.24) is 20.2 Å². The summed E-state index contributed by atoms with van der Waals surface area (Å²) in [6, 6.07) is 11.0. The number of nitrogens with zero attached hydrogens (tertiary/aromatic N) is 5. The number of para-hydroxylation sites is 1. The van der Waals surface area contributed by atoms with Crippen LogP contribution in [0.3, 0.4) is 0 Å². The summed E-state index contributed by atoms with van der Waals surface area (Å²) in [5, 5.41) is 25.8. The molecule has 0 spiro atoms. The molecule has 2 aromatic carbocycles. The first-order chi connectivity index (χ1) is 16.0. The van der Waals surface area contributed by atoms with Gasteiger partial charge in [-0.15, -0.1) is 0 Å². The van der Waals surface area contributed by atoms with Crippen molar-refractivity contribution in [2.75, 3.05) is 19.0 Å². The van der Waals surface area contributed by atoms with Crippen molar-refractivity contribution >= 4 is 23.4 Å². The van der Waals surface area contributed by atoms with E-state index >= 15 is 0 Å². The minimum atomic E-state index is -1.16. The van der Waals surface area contributed by atoms with Crippen LogP contribution in [0.25, 0.3) is 0 Å². The lowest BCUT2D eigenvalue weighted by molar-refractivity contribution is -0.385. The second-order valence-electron chi connectivity index (χ2n) is 6.86. The SMILES string of the molecule is CCOc1ccc(C(=O)C2=C(C(=O)OC)Nc3nnnn3[C@@H]2c2ccccc2[N+](=O)[O-])cc1. The molecule has 0 saturated heterocycles. The summed E-state index contributed by atoms with van der Waals surface area (Å²) in [7, 11) is 1.16. The highest BCUT2D eigenvalue weighted by Gasteiger charge is 2.41. The predicted octanol–water partition coefficient (Wildman–Crippen LogP) is 2.30. The van der Waals surface area contributed by atoms with Gasteiger partial charge >= 0.3 is 5.97 Å². The third kappa shape index (κ3) is 3.89. The molecule has 1 aliphatic heterocycles. The van der Waals surface area contributed by atoms with Gasteiger partial charge < -0.3 is 14.8 Å². The van der Waals surface area contributed by atoms with Gasteiger partial charge in [0.15, 0.2) is 5.78 Å². The molecule has 0 unspecified atom stereocenters. The number of allylic oxidation sites excluding steroid dienone is 1. The summed E-state index contributed by atoms with van der Waals surface area (Å²) in [4.78, 5) is 37.5. The standard InChI is InChI=1S/C21H18N6O6/c1-3-33-13-10-8-12(9-11-13)19(28)16-17(20(29)32-2)22-21-23-24-25-26(21)18(16)14-6-4-5-7-15(14)27(30)31/h4-11,18H,3H2,1-2H3,(H,22,23,25)/t18-/m1/s1. The van der Waals surface area contributed by atoms with Crippen LogP contribution in [0, 0.1) is 10.1 Å². The number of ketones is 1. The van der Waals surface area contributed by atoms with Crippen LogP contribution in [0.4, 0.5) is 11.6 Å². The van der Waals surface area contributed by atoms with E-state index in [-0.39, 0.29) is 34.0 Å². The van der Waals surface area contributed by atoms with Crippen LogP contribution in [-0.2, 0) is 9.53 Å². The average molecular weight is 450 g/mol. The quantitative estimate of drug-likeness (QED) is 0.246. The number of Topliss-reactive ketones (excluding diaryl/α,β-unsaturated/α-hetero) is 1. The first-order valence-corrected chi connectivity index (χ1v) is 9.84. The Hall–Kier alpha value is -4.61. The Bertz CT molecular complexity index is 1270. The van der Waals surface area contributed by atoms with Gasteiger partial charge in [-0.3, -0.25) is 14.9 Å². The summed E-state index contributed by atoms with van der Waals surface area (Å²) in [6.45, 7) is 2.29. The van der Waals surface area contributed by atoms with Gasteiger partial charge in [0.05, 0.1) is 29.8 Å². The fourth-order valence-corrected chi connectivity index (χ4v) is 3.59. The third-order valence-electron chi connectivity index (χ3n) is 5.01. The van der Waals surface area contributed by atoms with Crippen LogP contribution in [0.15, 0.2) is 59.8 Å². The zero-order chi connectivity index (χ0) is 23.5. The van der Waals surface area contributed by atoms with Crippen molar-refractivity contribution in [1.29, 1.82) is 0 Å². The fourth-order valence-electron chi connectivity index (χ4n) is 3.59. The number of hydrogen-bond acceptors (Lipinski definition) is 10. The molecule has 0 bridgehead atoms. The predicted molar refractivity (Wildman–Crippen MR) is 114 cm³/mol. The molecule has 0 fully saturated rings. The first-order valence-electron chi connectivity index (χ1n) is 9.84. The van der Waals surface area contributed by atoms with Gasteiger partial charge in [-0.05, 0) is 47.7 Å². The fraction of sp³-hybridized carbons (Fsp3) is 0.190. The zero-order valence-electron chi connectivity index (χ0n) is 17.6. The maximum absolute atomic E-state index is 13.7. The van der Waals surface area contributed by atoms with E-state index in [9.17, 15) is 19.7 Å². The Labute approximate surface area is 187 Å². The van der Waals surface area contributed by atoms with Crippen LogP contribution in [0.1, 0.15) is 28.9 Å². The van der Waals surface area contributed by atoms with E-state index < -0.39 is 22.7 Å². The van der Waals surface area contributed by atoms with Crippen LogP contribution in [-0.4, -0.2) is 50.6 Å². The molecule has 12 heteroatoms. The summed E-state index contributed by atoms with van der Waals surface area (Å²) >= 11 is 0. The van der Waals surface area contributed by atoms with Crippen LogP contribution >= 0.6 is 0 Å².